The van der Waals surface area contributed by atoms with Gasteiger partial charge in [-0.1, -0.05) is 36.4 Å². The van der Waals surface area contributed by atoms with Crippen molar-refractivity contribution in [1.82, 2.24) is 14.9 Å². The van der Waals surface area contributed by atoms with E-state index < -0.39 is 0 Å². The molecule has 3 aromatic rings. The Balaban J connectivity index is 1.21. The molecule has 5 rings (SSSR count). The molecule has 1 amide bonds. The van der Waals surface area contributed by atoms with Gasteiger partial charge in [0, 0.05) is 45.0 Å². The highest BCUT2D eigenvalue weighted by Gasteiger charge is 2.25. The standard InChI is InChI=1S/C26H29N5O/c32-25(11-5-16-29-17-19-30(20-18-29)26-27-14-6-15-28-26)31-23-9-3-1-7-21(23)12-13-22-8-2-4-10-24(22)31/h1-4,6-10,14-15H,5,11-13,16-20H2. The minimum absolute atomic E-state index is 0.183. The van der Waals surface area contributed by atoms with E-state index in [1.165, 1.54) is 11.1 Å². The third-order valence-corrected chi connectivity index (χ3v) is 6.45. The molecule has 6 nitrogen and oxygen atoms in total. The van der Waals surface area contributed by atoms with E-state index in [-0.39, 0.29) is 5.91 Å². The first-order valence-corrected chi connectivity index (χ1v) is 11.5. The highest BCUT2D eigenvalue weighted by atomic mass is 16.2. The Hall–Kier alpha value is -3.25. The number of fused-ring (bicyclic) bond motifs is 2. The van der Waals surface area contributed by atoms with Crippen molar-refractivity contribution in [3.63, 3.8) is 0 Å². The van der Waals surface area contributed by atoms with Gasteiger partial charge in [-0.25, -0.2) is 9.97 Å². The monoisotopic (exact) mass is 427 g/mol. The molecule has 32 heavy (non-hydrogen) atoms. The van der Waals surface area contributed by atoms with Gasteiger partial charge in [0.1, 0.15) is 0 Å². The molecular formula is C26H29N5O. The van der Waals surface area contributed by atoms with Crippen LogP contribution >= 0.6 is 0 Å². The minimum atomic E-state index is 0.183. The van der Waals surface area contributed by atoms with Gasteiger partial charge in [0.2, 0.25) is 11.9 Å². The van der Waals surface area contributed by atoms with Crippen molar-refractivity contribution in [2.24, 2.45) is 0 Å². The minimum Gasteiger partial charge on any atom is -0.338 e. The third-order valence-electron chi connectivity index (χ3n) is 6.45. The lowest BCUT2D eigenvalue weighted by Gasteiger charge is -2.34. The summed E-state index contributed by atoms with van der Waals surface area (Å²) in [5.41, 5.74) is 4.57. The largest absolute Gasteiger partial charge is 0.338 e. The summed E-state index contributed by atoms with van der Waals surface area (Å²) in [6.07, 6.45) is 6.92. The Bertz CT molecular complexity index is 1020. The van der Waals surface area contributed by atoms with Gasteiger partial charge in [0.15, 0.2) is 0 Å². The fourth-order valence-electron chi connectivity index (χ4n) is 4.74. The zero-order valence-electron chi connectivity index (χ0n) is 18.4. The molecule has 1 aromatic heterocycles. The number of aryl methyl sites for hydroxylation is 2. The molecule has 0 saturated carbocycles. The van der Waals surface area contributed by atoms with Crippen molar-refractivity contribution in [3.8, 4) is 0 Å². The molecule has 1 fully saturated rings. The van der Waals surface area contributed by atoms with Gasteiger partial charge < -0.3 is 4.90 Å². The molecule has 1 saturated heterocycles. The molecule has 0 bridgehead atoms. The summed E-state index contributed by atoms with van der Waals surface area (Å²) in [6.45, 7) is 4.73. The van der Waals surface area contributed by atoms with Crippen molar-refractivity contribution in [3.05, 3.63) is 78.1 Å². The molecule has 0 spiro atoms. The van der Waals surface area contributed by atoms with Crippen molar-refractivity contribution < 1.29 is 4.79 Å². The summed E-state index contributed by atoms with van der Waals surface area (Å²) in [7, 11) is 0. The first-order valence-electron chi connectivity index (χ1n) is 11.5. The Morgan fingerprint density at radius 1 is 0.781 bits per heavy atom. The Kier molecular flexibility index (Phi) is 6.12. The molecule has 2 aromatic carbocycles. The lowest BCUT2D eigenvalue weighted by atomic mass is 10.0. The van der Waals surface area contributed by atoms with E-state index in [9.17, 15) is 4.79 Å². The zero-order valence-corrected chi connectivity index (χ0v) is 18.4. The van der Waals surface area contributed by atoms with Crippen molar-refractivity contribution in [2.75, 3.05) is 42.5 Å². The third kappa shape index (κ3) is 4.36. The summed E-state index contributed by atoms with van der Waals surface area (Å²) in [5, 5.41) is 0. The number of para-hydroxylation sites is 2. The summed E-state index contributed by atoms with van der Waals surface area (Å²) in [5.74, 6) is 0.990. The average molecular weight is 428 g/mol. The number of amides is 1. The number of nitrogens with zero attached hydrogens (tertiary/aromatic N) is 5. The van der Waals surface area contributed by atoms with Gasteiger partial charge in [-0.2, -0.15) is 0 Å². The zero-order chi connectivity index (χ0) is 21.8. The Morgan fingerprint density at radius 2 is 1.38 bits per heavy atom. The Morgan fingerprint density at radius 3 is 2.00 bits per heavy atom. The van der Waals surface area contributed by atoms with Crippen LogP contribution in [0.3, 0.4) is 0 Å². The second kappa shape index (κ2) is 9.49. The van der Waals surface area contributed by atoms with E-state index in [4.69, 9.17) is 0 Å². The van der Waals surface area contributed by atoms with E-state index in [0.717, 1.165) is 69.3 Å². The van der Waals surface area contributed by atoms with Gasteiger partial charge in [-0.15, -0.1) is 0 Å². The quantitative estimate of drug-likeness (QED) is 0.619. The summed E-state index contributed by atoms with van der Waals surface area (Å²) in [4.78, 5) is 28.8. The van der Waals surface area contributed by atoms with Gasteiger partial charge in [-0.05, 0) is 55.1 Å². The van der Waals surface area contributed by atoms with Gasteiger partial charge in [0.05, 0.1) is 11.4 Å². The topological polar surface area (TPSA) is 52.6 Å². The van der Waals surface area contributed by atoms with Crippen molar-refractivity contribution in [2.45, 2.75) is 25.7 Å². The second-order valence-electron chi connectivity index (χ2n) is 8.47. The first kappa shape index (κ1) is 20.6. The van der Waals surface area contributed by atoms with E-state index in [2.05, 4.69) is 56.2 Å². The molecule has 164 valence electrons. The maximum Gasteiger partial charge on any atom is 0.231 e. The van der Waals surface area contributed by atoms with Crippen LogP contribution in [-0.4, -0.2) is 53.5 Å². The van der Waals surface area contributed by atoms with Gasteiger partial charge >= 0.3 is 0 Å². The number of rotatable bonds is 5. The van der Waals surface area contributed by atoms with Gasteiger partial charge in [0.25, 0.3) is 0 Å². The number of anilines is 3. The molecule has 2 aliphatic rings. The fraction of sp³-hybridized carbons (Fsp3) is 0.346. The molecule has 0 N–H and O–H groups in total. The number of hydrogen-bond acceptors (Lipinski definition) is 5. The number of hydrogen-bond donors (Lipinski definition) is 0. The lowest BCUT2D eigenvalue weighted by molar-refractivity contribution is -0.118. The van der Waals surface area contributed by atoms with E-state index in [1.54, 1.807) is 12.4 Å². The number of carbonyl (C=O) groups is 1. The number of carbonyl (C=O) groups excluding carboxylic acids is 1. The molecule has 0 unspecified atom stereocenters. The van der Waals surface area contributed by atoms with Crippen LogP contribution in [-0.2, 0) is 17.6 Å². The van der Waals surface area contributed by atoms with Crippen LogP contribution in [0.15, 0.2) is 67.0 Å². The van der Waals surface area contributed by atoms with Gasteiger partial charge in [-0.3, -0.25) is 14.6 Å². The predicted molar refractivity (Wildman–Crippen MR) is 127 cm³/mol. The predicted octanol–water partition coefficient (Wildman–Crippen LogP) is 3.84. The molecule has 0 radical (unpaired) electrons. The smallest absolute Gasteiger partial charge is 0.231 e. The van der Waals surface area contributed by atoms with E-state index in [1.807, 2.05) is 23.1 Å². The fourth-order valence-corrected chi connectivity index (χ4v) is 4.74. The highest BCUT2D eigenvalue weighted by molar-refractivity contribution is 6.02. The van der Waals surface area contributed by atoms with Crippen LogP contribution < -0.4 is 9.80 Å². The molecule has 0 atom stereocenters. The second-order valence-corrected chi connectivity index (χ2v) is 8.47. The molecular weight excluding hydrogens is 398 g/mol. The van der Waals surface area contributed by atoms with Crippen molar-refractivity contribution in [1.29, 1.82) is 0 Å². The van der Waals surface area contributed by atoms with Crippen LogP contribution in [0.5, 0.6) is 0 Å². The van der Waals surface area contributed by atoms with Crippen LogP contribution in [0.25, 0.3) is 0 Å². The summed E-state index contributed by atoms with van der Waals surface area (Å²) in [6, 6.07) is 18.5. The summed E-state index contributed by atoms with van der Waals surface area (Å²) < 4.78 is 0. The number of aromatic nitrogens is 2. The van der Waals surface area contributed by atoms with Crippen LogP contribution in [0.4, 0.5) is 17.3 Å². The van der Waals surface area contributed by atoms with Crippen LogP contribution in [0.1, 0.15) is 24.0 Å². The molecule has 2 aliphatic heterocycles. The summed E-state index contributed by atoms with van der Waals surface area (Å²) >= 11 is 0. The number of benzene rings is 2. The van der Waals surface area contributed by atoms with Crippen LogP contribution in [0.2, 0.25) is 0 Å². The first-order chi connectivity index (χ1) is 15.8. The molecule has 3 heterocycles. The molecule has 0 aliphatic carbocycles. The normalized spacial score (nSPS) is 16.2. The SMILES string of the molecule is O=C(CCCN1CCN(c2ncccn2)CC1)N1c2ccccc2CCc2ccccc21. The Labute approximate surface area is 189 Å². The lowest BCUT2D eigenvalue weighted by Crippen LogP contribution is -2.47. The van der Waals surface area contributed by atoms with E-state index in [0.29, 0.717) is 6.42 Å². The number of piperazine rings is 1. The molecule has 6 heteroatoms. The maximum atomic E-state index is 13.4. The van der Waals surface area contributed by atoms with Crippen molar-refractivity contribution >= 4 is 23.2 Å². The van der Waals surface area contributed by atoms with Crippen LogP contribution in [0, 0.1) is 0 Å². The maximum absolute atomic E-state index is 13.4. The average Bonchev–Trinajstić information content (AvgIpc) is 3.02. The highest BCUT2D eigenvalue weighted by Crippen LogP contribution is 2.36. The van der Waals surface area contributed by atoms with E-state index >= 15 is 0 Å².